The summed E-state index contributed by atoms with van der Waals surface area (Å²) in [5.41, 5.74) is 7.26. The quantitative estimate of drug-likeness (QED) is 0.693. The van der Waals surface area contributed by atoms with Gasteiger partial charge in [-0.05, 0) is 44.0 Å². The van der Waals surface area contributed by atoms with Crippen molar-refractivity contribution in [3.05, 3.63) is 59.8 Å². The van der Waals surface area contributed by atoms with E-state index < -0.39 is 5.54 Å². The maximum absolute atomic E-state index is 13.6. The summed E-state index contributed by atoms with van der Waals surface area (Å²) in [4.78, 5) is 16.6. The molecule has 7 nitrogen and oxygen atoms in total. The molecule has 27 heavy (non-hydrogen) atoms. The number of nitrogens with one attached hydrogen (secondary N) is 1. The molecule has 2 heterocycles. The number of fused-ring (bicyclic) bond motifs is 1. The highest BCUT2D eigenvalue weighted by molar-refractivity contribution is 5.99. The molecular formula is C19H20FN5O2. The van der Waals surface area contributed by atoms with E-state index in [4.69, 9.17) is 10.5 Å². The summed E-state index contributed by atoms with van der Waals surface area (Å²) >= 11 is 0. The maximum atomic E-state index is 13.6. The average molecular weight is 369 g/mol. The van der Waals surface area contributed by atoms with Crippen molar-refractivity contribution in [1.29, 1.82) is 0 Å². The molecule has 0 unspecified atom stereocenters. The summed E-state index contributed by atoms with van der Waals surface area (Å²) < 4.78 is 21.1. The number of carbonyl (C=O) groups excluding carboxylic acids is 1. The molecule has 0 saturated heterocycles. The van der Waals surface area contributed by atoms with Gasteiger partial charge in [-0.15, -0.1) is 0 Å². The fourth-order valence-corrected chi connectivity index (χ4v) is 2.98. The second kappa shape index (κ2) is 6.62. The molecule has 140 valence electrons. The van der Waals surface area contributed by atoms with Gasteiger partial charge in [0.15, 0.2) is 5.65 Å². The van der Waals surface area contributed by atoms with Crippen LogP contribution in [-0.2, 0) is 5.54 Å². The molecule has 4 rings (SSSR count). The first-order chi connectivity index (χ1) is 13.0. The molecule has 1 aliphatic rings. The van der Waals surface area contributed by atoms with E-state index in [0.29, 0.717) is 22.5 Å². The third-order valence-corrected chi connectivity index (χ3v) is 4.67. The number of rotatable bonds is 6. The smallest absolute Gasteiger partial charge is 0.256 e. The lowest BCUT2D eigenvalue weighted by Crippen LogP contribution is -2.34. The van der Waals surface area contributed by atoms with Gasteiger partial charge in [-0.1, -0.05) is 0 Å². The zero-order valence-electron chi connectivity index (χ0n) is 14.9. The van der Waals surface area contributed by atoms with Crippen LogP contribution in [-0.4, -0.2) is 33.2 Å². The Balaban J connectivity index is 1.42. The molecule has 1 fully saturated rings. The second-order valence-corrected chi connectivity index (χ2v) is 6.88. The molecule has 1 aromatic carbocycles. The topological polar surface area (TPSA) is 94.5 Å². The molecule has 1 amide bonds. The summed E-state index contributed by atoms with van der Waals surface area (Å²) in [5, 5.41) is 6.92. The number of benzene rings is 1. The normalized spacial score (nSPS) is 16.1. The minimum atomic E-state index is -0.511. The number of nitrogens with zero attached hydrogens (tertiary/aromatic N) is 3. The fourth-order valence-electron chi connectivity index (χ4n) is 2.98. The Hall–Kier alpha value is -3.00. The first-order valence-corrected chi connectivity index (χ1v) is 8.78. The lowest BCUT2D eigenvalue weighted by molar-refractivity contribution is 0.0933. The van der Waals surface area contributed by atoms with Gasteiger partial charge in [-0.3, -0.25) is 4.79 Å². The number of aromatic nitrogens is 3. The molecule has 3 N–H and O–H groups in total. The van der Waals surface area contributed by atoms with Crippen LogP contribution in [0, 0.1) is 5.82 Å². The van der Waals surface area contributed by atoms with Gasteiger partial charge in [0.2, 0.25) is 0 Å². The van der Waals surface area contributed by atoms with Crippen LogP contribution in [0.2, 0.25) is 0 Å². The predicted molar refractivity (Wildman–Crippen MR) is 96.9 cm³/mol. The molecular weight excluding hydrogens is 349 g/mol. The Labute approximate surface area is 155 Å². The number of carbonyl (C=O) groups is 1. The van der Waals surface area contributed by atoms with E-state index >= 15 is 0 Å². The minimum Gasteiger partial charge on any atom is -0.489 e. The molecule has 1 aliphatic carbocycles. The highest BCUT2D eigenvalue weighted by Crippen LogP contribution is 2.46. The first kappa shape index (κ1) is 17.4. The highest BCUT2D eigenvalue weighted by atomic mass is 19.1. The van der Waals surface area contributed by atoms with Gasteiger partial charge in [-0.2, -0.15) is 5.10 Å². The highest BCUT2D eigenvalue weighted by Gasteiger charge is 2.42. The lowest BCUT2D eigenvalue weighted by Gasteiger charge is -2.20. The number of hydrogen-bond acceptors (Lipinski definition) is 5. The number of hydrogen-bond donors (Lipinski definition) is 2. The summed E-state index contributed by atoms with van der Waals surface area (Å²) in [6, 6.07) is 6.10. The third-order valence-electron chi connectivity index (χ3n) is 4.67. The predicted octanol–water partition coefficient (Wildman–Crippen LogP) is 2.01. The molecule has 1 saturated carbocycles. The van der Waals surface area contributed by atoms with Crippen molar-refractivity contribution in [2.24, 2.45) is 5.73 Å². The SMILES string of the molecule is C[C@@H](CNC(=O)c1cnn2cccnc12)Oc1ccc(F)cc1C1(N)CC1. The number of amides is 1. The van der Waals surface area contributed by atoms with E-state index in [9.17, 15) is 9.18 Å². The van der Waals surface area contributed by atoms with Crippen molar-refractivity contribution in [1.82, 2.24) is 19.9 Å². The van der Waals surface area contributed by atoms with Gasteiger partial charge >= 0.3 is 0 Å². The number of halogens is 1. The second-order valence-electron chi connectivity index (χ2n) is 6.88. The standard InChI is InChI=1S/C19H20FN5O2/c1-12(27-16-4-3-13(20)9-15(16)19(21)5-6-19)10-23-18(26)14-11-24-25-8-2-7-22-17(14)25/h2-4,7-9,11-12H,5-6,10,21H2,1H3,(H,23,26)/t12-/m0/s1. The molecule has 0 bridgehead atoms. The lowest BCUT2D eigenvalue weighted by atomic mass is 10.0. The maximum Gasteiger partial charge on any atom is 0.256 e. The largest absolute Gasteiger partial charge is 0.489 e. The van der Waals surface area contributed by atoms with Gasteiger partial charge < -0.3 is 15.8 Å². The van der Waals surface area contributed by atoms with E-state index in [1.54, 1.807) is 24.5 Å². The van der Waals surface area contributed by atoms with E-state index in [0.717, 1.165) is 12.8 Å². The third kappa shape index (κ3) is 3.48. The van der Waals surface area contributed by atoms with Crippen LogP contribution in [0.15, 0.2) is 42.9 Å². The van der Waals surface area contributed by atoms with Gasteiger partial charge in [-0.25, -0.2) is 13.9 Å². The fraction of sp³-hybridized carbons (Fsp3) is 0.316. The van der Waals surface area contributed by atoms with Crippen LogP contribution < -0.4 is 15.8 Å². The average Bonchev–Trinajstić information content (AvgIpc) is 3.26. The van der Waals surface area contributed by atoms with Crippen molar-refractivity contribution in [2.75, 3.05) is 6.54 Å². The van der Waals surface area contributed by atoms with Gasteiger partial charge in [0.1, 0.15) is 23.2 Å². The van der Waals surface area contributed by atoms with Crippen LogP contribution in [0.3, 0.4) is 0 Å². The molecule has 0 aliphatic heterocycles. The van der Waals surface area contributed by atoms with Crippen LogP contribution in [0.1, 0.15) is 35.7 Å². The van der Waals surface area contributed by atoms with Crippen LogP contribution >= 0.6 is 0 Å². The molecule has 0 spiro atoms. The summed E-state index contributed by atoms with van der Waals surface area (Å²) in [5.74, 6) is -0.0672. The number of nitrogens with two attached hydrogens (primary N) is 1. The molecule has 2 aromatic heterocycles. The van der Waals surface area contributed by atoms with E-state index in [1.807, 2.05) is 6.92 Å². The first-order valence-electron chi connectivity index (χ1n) is 8.78. The van der Waals surface area contributed by atoms with E-state index in [1.165, 1.54) is 22.8 Å². The van der Waals surface area contributed by atoms with Crippen molar-refractivity contribution < 1.29 is 13.9 Å². The monoisotopic (exact) mass is 369 g/mol. The molecule has 1 atom stereocenters. The summed E-state index contributed by atoms with van der Waals surface area (Å²) in [7, 11) is 0. The Kier molecular flexibility index (Phi) is 4.27. The van der Waals surface area contributed by atoms with E-state index in [-0.39, 0.29) is 24.4 Å². The van der Waals surface area contributed by atoms with Crippen molar-refractivity contribution in [3.8, 4) is 5.75 Å². The van der Waals surface area contributed by atoms with Crippen molar-refractivity contribution in [3.63, 3.8) is 0 Å². The van der Waals surface area contributed by atoms with Crippen LogP contribution in [0.25, 0.3) is 5.65 Å². The van der Waals surface area contributed by atoms with Crippen molar-refractivity contribution >= 4 is 11.6 Å². The summed E-state index contributed by atoms with van der Waals surface area (Å²) in [6.45, 7) is 2.11. The van der Waals surface area contributed by atoms with Crippen LogP contribution in [0.4, 0.5) is 4.39 Å². The van der Waals surface area contributed by atoms with Crippen molar-refractivity contribution in [2.45, 2.75) is 31.4 Å². The number of ether oxygens (including phenoxy) is 1. The zero-order chi connectivity index (χ0) is 19.0. The summed E-state index contributed by atoms with van der Waals surface area (Å²) in [6.07, 6.45) is 6.10. The molecule has 3 aromatic rings. The molecule has 8 heteroatoms. The Morgan fingerprint density at radius 1 is 1.48 bits per heavy atom. The molecule has 0 radical (unpaired) electrons. The van der Waals surface area contributed by atoms with Gasteiger partial charge in [0.05, 0.1) is 12.7 Å². The Morgan fingerprint density at radius 2 is 2.30 bits per heavy atom. The van der Waals surface area contributed by atoms with Gasteiger partial charge in [0, 0.05) is 23.5 Å². The Bertz CT molecular complexity index is 999. The zero-order valence-corrected chi connectivity index (χ0v) is 14.9. The van der Waals surface area contributed by atoms with E-state index in [2.05, 4.69) is 15.4 Å². The van der Waals surface area contributed by atoms with Crippen LogP contribution in [0.5, 0.6) is 5.75 Å². The van der Waals surface area contributed by atoms with Gasteiger partial charge in [0.25, 0.3) is 5.91 Å². The Morgan fingerprint density at radius 3 is 3.07 bits per heavy atom. The minimum absolute atomic E-state index is 0.275.